The summed E-state index contributed by atoms with van der Waals surface area (Å²) >= 11 is 0. The highest BCUT2D eigenvalue weighted by Crippen LogP contribution is 2.26. The normalized spacial score (nSPS) is 17.8. The van der Waals surface area contributed by atoms with Gasteiger partial charge in [-0.1, -0.05) is 0 Å². The smallest absolute Gasteiger partial charge is 0.352 e. The fourth-order valence-corrected chi connectivity index (χ4v) is 2.89. The molecule has 0 atom stereocenters. The standard InChI is InChI=1S/C10H13ClN2O4S/c11-18(16,17)8-5-9(10(14)15)13(6-8)7-1-3-12-4-2-7/h5-7,12H,1-4H2,(H,14,15). The molecule has 100 valence electrons. The van der Waals surface area contributed by atoms with Crippen LogP contribution in [0, 0.1) is 0 Å². The van der Waals surface area contributed by atoms with E-state index in [1.807, 2.05) is 0 Å². The molecule has 0 amide bonds. The first kappa shape index (κ1) is 13.4. The van der Waals surface area contributed by atoms with Crippen molar-refractivity contribution in [2.24, 2.45) is 0 Å². The Kier molecular flexibility index (Phi) is 3.65. The van der Waals surface area contributed by atoms with Crippen molar-refractivity contribution in [2.75, 3.05) is 13.1 Å². The summed E-state index contributed by atoms with van der Waals surface area (Å²) in [6.07, 6.45) is 2.83. The Morgan fingerprint density at radius 1 is 1.44 bits per heavy atom. The summed E-state index contributed by atoms with van der Waals surface area (Å²) in [5.41, 5.74) is -0.0406. The number of hydrogen-bond acceptors (Lipinski definition) is 4. The van der Waals surface area contributed by atoms with Crippen molar-refractivity contribution < 1.29 is 18.3 Å². The van der Waals surface area contributed by atoms with Crippen LogP contribution in [0.25, 0.3) is 0 Å². The number of hydrogen-bond donors (Lipinski definition) is 2. The van der Waals surface area contributed by atoms with Gasteiger partial charge in [0.2, 0.25) is 0 Å². The highest BCUT2D eigenvalue weighted by atomic mass is 35.7. The number of aromatic nitrogens is 1. The lowest BCUT2D eigenvalue weighted by atomic mass is 10.1. The van der Waals surface area contributed by atoms with Crippen molar-refractivity contribution in [3.8, 4) is 0 Å². The lowest BCUT2D eigenvalue weighted by Gasteiger charge is -2.25. The maximum atomic E-state index is 11.3. The van der Waals surface area contributed by atoms with Gasteiger partial charge in [0.25, 0.3) is 9.05 Å². The maximum absolute atomic E-state index is 11.3. The average molecular weight is 293 g/mol. The maximum Gasteiger partial charge on any atom is 0.352 e. The van der Waals surface area contributed by atoms with Gasteiger partial charge in [-0.25, -0.2) is 13.2 Å². The minimum Gasteiger partial charge on any atom is -0.477 e. The highest BCUT2D eigenvalue weighted by Gasteiger charge is 2.24. The average Bonchev–Trinajstić information content (AvgIpc) is 2.74. The molecule has 1 aromatic heterocycles. The molecule has 2 N–H and O–H groups in total. The molecular weight excluding hydrogens is 280 g/mol. The molecule has 1 aliphatic heterocycles. The van der Waals surface area contributed by atoms with E-state index in [1.165, 1.54) is 10.8 Å². The Labute approximate surface area is 109 Å². The quantitative estimate of drug-likeness (QED) is 0.813. The first-order chi connectivity index (χ1) is 8.39. The molecule has 1 aliphatic rings. The van der Waals surface area contributed by atoms with Gasteiger partial charge >= 0.3 is 5.97 Å². The van der Waals surface area contributed by atoms with Crippen LogP contribution in [0.5, 0.6) is 0 Å². The number of piperidine rings is 1. The van der Waals surface area contributed by atoms with Crippen LogP contribution < -0.4 is 5.32 Å². The Morgan fingerprint density at radius 3 is 2.56 bits per heavy atom. The second kappa shape index (κ2) is 4.91. The van der Waals surface area contributed by atoms with Gasteiger partial charge in [-0.05, 0) is 32.0 Å². The van der Waals surface area contributed by atoms with Gasteiger partial charge in [0.05, 0.1) is 0 Å². The number of aromatic carboxylic acids is 1. The molecule has 2 rings (SSSR count). The summed E-state index contributed by atoms with van der Waals surface area (Å²) in [7, 11) is 1.34. The van der Waals surface area contributed by atoms with Crippen LogP contribution in [-0.2, 0) is 9.05 Å². The van der Waals surface area contributed by atoms with Crippen LogP contribution in [0.15, 0.2) is 17.2 Å². The van der Waals surface area contributed by atoms with Crippen LogP contribution in [0.1, 0.15) is 29.4 Å². The number of nitrogens with one attached hydrogen (secondary N) is 1. The summed E-state index contributed by atoms with van der Waals surface area (Å²) in [6, 6.07) is 1.09. The van der Waals surface area contributed by atoms with E-state index in [2.05, 4.69) is 5.32 Å². The largest absolute Gasteiger partial charge is 0.477 e. The topological polar surface area (TPSA) is 88.4 Å². The van der Waals surface area contributed by atoms with Crippen molar-refractivity contribution in [3.05, 3.63) is 18.0 Å². The summed E-state index contributed by atoms with van der Waals surface area (Å²) < 4.78 is 24.0. The lowest BCUT2D eigenvalue weighted by Crippen LogP contribution is -2.30. The van der Waals surface area contributed by atoms with Crippen molar-refractivity contribution in [1.82, 2.24) is 9.88 Å². The summed E-state index contributed by atoms with van der Waals surface area (Å²) in [6.45, 7) is 1.57. The summed E-state index contributed by atoms with van der Waals surface area (Å²) in [5.74, 6) is -1.15. The van der Waals surface area contributed by atoms with E-state index in [-0.39, 0.29) is 16.6 Å². The second-order valence-electron chi connectivity index (χ2n) is 4.19. The zero-order valence-electron chi connectivity index (χ0n) is 9.47. The number of rotatable bonds is 3. The van der Waals surface area contributed by atoms with Gasteiger partial charge in [-0.3, -0.25) is 0 Å². The van der Waals surface area contributed by atoms with E-state index in [0.29, 0.717) is 0 Å². The van der Waals surface area contributed by atoms with Crippen LogP contribution >= 0.6 is 10.7 Å². The molecule has 1 aromatic rings. The predicted octanol–water partition coefficient (Wildman–Crippen LogP) is 1.04. The highest BCUT2D eigenvalue weighted by molar-refractivity contribution is 8.13. The molecule has 1 saturated heterocycles. The third kappa shape index (κ3) is 2.68. The Balaban J connectivity index is 2.44. The minimum atomic E-state index is -3.90. The molecule has 0 aromatic carbocycles. The minimum absolute atomic E-state index is 0.00971. The van der Waals surface area contributed by atoms with Gasteiger partial charge in [-0.2, -0.15) is 0 Å². The van der Waals surface area contributed by atoms with Crippen LogP contribution in [-0.4, -0.2) is 37.2 Å². The molecule has 0 spiro atoms. The van der Waals surface area contributed by atoms with E-state index in [4.69, 9.17) is 15.8 Å². The van der Waals surface area contributed by atoms with E-state index >= 15 is 0 Å². The van der Waals surface area contributed by atoms with Crippen molar-refractivity contribution in [2.45, 2.75) is 23.8 Å². The number of carboxylic acid groups (broad SMARTS) is 1. The van der Waals surface area contributed by atoms with Crippen LogP contribution in [0.3, 0.4) is 0 Å². The predicted molar refractivity (Wildman–Crippen MR) is 65.6 cm³/mol. The first-order valence-electron chi connectivity index (χ1n) is 5.50. The fraction of sp³-hybridized carbons (Fsp3) is 0.500. The molecular formula is C10H13ClN2O4S. The third-order valence-corrected chi connectivity index (χ3v) is 4.35. The number of halogens is 1. The fourth-order valence-electron chi connectivity index (χ4n) is 2.15. The van der Waals surface area contributed by atoms with E-state index < -0.39 is 15.0 Å². The van der Waals surface area contributed by atoms with Gasteiger partial charge in [0.1, 0.15) is 10.6 Å². The van der Waals surface area contributed by atoms with Crippen molar-refractivity contribution >= 4 is 25.7 Å². The Hall–Kier alpha value is -1.05. The summed E-state index contributed by atoms with van der Waals surface area (Å²) in [4.78, 5) is 11.0. The Bertz CT molecular complexity index is 560. The lowest BCUT2D eigenvalue weighted by molar-refractivity contribution is 0.0681. The molecule has 0 bridgehead atoms. The Morgan fingerprint density at radius 2 is 2.06 bits per heavy atom. The van der Waals surface area contributed by atoms with Gasteiger partial charge in [-0.15, -0.1) is 0 Å². The van der Waals surface area contributed by atoms with E-state index in [9.17, 15) is 13.2 Å². The van der Waals surface area contributed by atoms with Gasteiger partial charge in [0.15, 0.2) is 0 Å². The van der Waals surface area contributed by atoms with Gasteiger partial charge in [0, 0.05) is 22.9 Å². The molecule has 0 saturated carbocycles. The summed E-state index contributed by atoms with van der Waals surface area (Å²) in [5, 5.41) is 12.3. The van der Waals surface area contributed by atoms with E-state index in [1.54, 1.807) is 0 Å². The molecule has 18 heavy (non-hydrogen) atoms. The van der Waals surface area contributed by atoms with Gasteiger partial charge < -0.3 is 15.0 Å². The van der Waals surface area contributed by atoms with Crippen molar-refractivity contribution in [3.63, 3.8) is 0 Å². The number of carboxylic acids is 1. The molecule has 2 heterocycles. The van der Waals surface area contributed by atoms with Crippen LogP contribution in [0.4, 0.5) is 0 Å². The molecule has 0 unspecified atom stereocenters. The first-order valence-corrected chi connectivity index (χ1v) is 7.81. The van der Waals surface area contributed by atoms with Crippen LogP contribution in [0.2, 0.25) is 0 Å². The number of carbonyl (C=O) groups is 1. The molecule has 1 fully saturated rings. The van der Waals surface area contributed by atoms with E-state index in [0.717, 1.165) is 32.0 Å². The molecule has 8 heteroatoms. The SMILES string of the molecule is O=C(O)c1cc(S(=O)(=O)Cl)cn1C1CCNCC1. The monoisotopic (exact) mass is 292 g/mol. The number of nitrogens with zero attached hydrogens (tertiary/aromatic N) is 1. The second-order valence-corrected chi connectivity index (χ2v) is 6.76. The van der Waals surface area contributed by atoms with Crippen molar-refractivity contribution in [1.29, 1.82) is 0 Å². The third-order valence-electron chi connectivity index (χ3n) is 3.03. The molecule has 6 nitrogen and oxygen atoms in total. The molecule has 0 radical (unpaired) electrons. The zero-order valence-corrected chi connectivity index (χ0v) is 11.0. The zero-order chi connectivity index (χ0) is 13.3. The molecule has 0 aliphatic carbocycles.